The maximum atomic E-state index is 5.64. The Morgan fingerprint density at radius 2 is 2.29 bits per heavy atom. The normalized spacial score (nSPS) is 16.6. The number of anilines is 1. The molecule has 1 aliphatic carbocycles. The molecule has 0 saturated heterocycles. The Kier molecular flexibility index (Phi) is 3.62. The number of thiocarbonyl (C=S) groups is 1. The zero-order chi connectivity index (χ0) is 12.4. The van der Waals surface area contributed by atoms with Crippen molar-refractivity contribution in [3.63, 3.8) is 0 Å². The molecular weight excluding hydrogens is 230 g/mol. The number of hydrogen-bond acceptors (Lipinski definition) is 3. The minimum Gasteiger partial charge on any atom is -0.389 e. The van der Waals surface area contributed by atoms with Crippen LogP contribution in [0, 0.1) is 18.8 Å². The van der Waals surface area contributed by atoms with Gasteiger partial charge >= 0.3 is 0 Å². The van der Waals surface area contributed by atoms with E-state index in [1.54, 1.807) is 0 Å². The average molecular weight is 249 g/mol. The first kappa shape index (κ1) is 12.3. The van der Waals surface area contributed by atoms with Gasteiger partial charge in [-0.1, -0.05) is 19.1 Å². The van der Waals surface area contributed by atoms with Gasteiger partial charge < -0.3 is 11.1 Å². The standard InChI is InChI=1S/C13H19N3S/c1-8(10-3-4-10)7-15-12-6-11(13(14)17)5-9(2)16-12/h5-6,8,10H,3-4,7H2,1-2H3,(H2,14,17)(H,15,16). The van der Waals surface area contributed by atoms with E-state index in [-0.39, 0.29) is 0 Å². The smallest absolute Gasteiger partial charge is 0.126 e. The number of hydrogen-bond donors (Lipinski definition) is 2. The summed E-state index contributed by atoms with van der Waals surface area (Å²) in [4.78, 5) is 4.87. The Morgan fingerprint density at radius 1 is 1.59 bits per heavy atom. The fourth-order valence-electron chi connectivity index (χ4n) is 2.00. The quantitative estimate of drug-likeness (QED) is 0.787. The molecule has 3 nitrogen and oxygen atoms in total. The van der Waals surface area contributed by atoms with Gasteiger partial charge in [-0.25, -0.2) is 4.98 Å². The molecular formula is C13H19N3S. The van der Waals surface area contributed by atoms with Crippen LogP contribution in [-0.4, -0.2) is 16.5 Å². The molecule has 0 aliphatic heterocycles. The number of nitrogens with zero attached hydrogens (tertiary/aromatic N) is 1. The molecule has 0 spiro atoms. The highest BCUT2D eigenvalue weighted by molar-refractivity contribution is 7.80. The number of nitrogens with one attached hydrogen (secondary N) is 1. The predicted octanol–water partition coefficient (Wildman–Crippen LogP) is 2.48. The van der Waals surface area contributed by atoms with Gasteiger partial charge in [-0.3, -0.25) is 0 Å². The summed E-state index contributed by atoms with van der Waals surface area (Å²) in [6.45, 7) is 5.21. The predicted molar refractivity (Wildman–Crippen MR) is 75.2 cm³/mol. The van der Waals surface area contributed by atoms with Gasteiger partial charge in [-0.15, -0.1) is 0 Å². The van der Waals surface area contributed by atoms with E-state index >= 15 is 0 Å². The Labute approximate surface area is 108 Å². The molecule has 1 saturated carbocycles. The molecule has 0 aromatic carbocycles. The molecule has 2 rings (SSSR count). The lowest BCUT2D eigenvalue weighted by atomic mass is 10.1. The first-order valence-corrected chi connectivity index (χ1v) is 6.49. The van der Waals surface area contributed by atoms with Crippen LogP contribution in [0.5, 0.6) is 0 Å². The summed E-state index contributed by atoms with van der Waals surface area (Å²) in [6, 6.07) is 3.84. The second-order valence-corrected chi connectivity index (χ2v) is 5.38. The molecule has 1 aromatic heterocycles. The van der Waals surface area contributed by atoms with Crippen LogP contribution in [0.3, 0.4) is 0 Å². The van der Waals surface area contributed by atoms with Gasteiger partial charge in [0.15, 0.2) is 0 Å². The summed E-state index contributed by atoms with van der Waals surface area (Å²) in [5, 5.41) is 3.38. The van der Waals surface area contributed by atoms with Crippen molar-refractivity contribution < 1.29 is 0 Å². The van der Waals surface area contributed by atoms with Crippen molar-refractivity contribution in [2.75, 3.05) is 11.9 Å². The van der Waals surface area contributed by atoms with Crippen molar-refractivity contribution in [3.05, 3.63) is 23.4 Å². The molecule has 1 atom stereocenters. The topological polar surface area (TPSA) is 50.9 Å². The second-order valence-electron chi connectivity index (χ2n) is 4.94. The second kappa shape index (κ2) is 5.00. The molecule has 4 heteroatoms. The van der Waals surface area contributed by atoms with Crippen LogP contribution in [0.1, 0.15) is 31.0 Å². The van der Waals surface area contributed by atoms with Crippen molar-refractivity contribution in [1.82, 2.24) is 4.98 Å². The highest BCUT2D eigenvalue weighted by Gasteiger charge is 2.27. The van der Waals surface area contributed by atoms with E-state index in [0.29, 0.717) is 10.9 Å². The lowest BCUT2D eigenvalue weighted by molar-refractivity contribution is 0.536. The van der Waals surface area contributed by atoms with Crippen LogP contribution in [0.15, 0.2) is 12.1 Å². The Morgan fingerprint density at radius 3 is 2.88 bits per heavy atom. The van der Waals surface area contributed by atoms with Crippen molar-refractivity contribution in [1.29, 1.82) is 0 Å². The minimum absolute atomic E-state index is 0.425. The lowest BCUT2D eigenvalue weighted by Gasteiger charge is -2.13. The van der Waals surface area contributed by atoms with Crippen molar-refractivity contribution >= 4 is 23.0 Å². The summed E-state index contributed by atoms with van der Waals surface area (Å²) >= 11 is 4.99. The van der Waals surface area contributed by atoms with Crippen LogP contribution in [0.2, 0.25) is 0 Å². The molecule has 1 heterocycles. The lowest BCUT2D eigenvalue weighted by Crippen LogP contribution is -2.15. The van der Waals surface area contributed by atoms with E-state index in [2.05, 4.69) is 17.2 Å². The van der Waals surface area contributed by atoms with Gasteiger partial charge in [0, 0.05) is 17.8 Å². The molecule has 1 aromatic rings. The van der Waals surface area contributed by atoms with Crippen LogP contribution in [0.25, 0.3) is 0 Å². The van der Waals surface area contributed by atoms with Crippen molar-refractivity contribution in [3.8, 4) is 0 Å². The number of aryl methyl sites for hydroxylation is 1. The van der Waals surface area contributed by atoms with E-state index in [0.717, 1.165) is 29.5 Å². The zero-order valence-corrected chi connectivity index (χ0v) is 11.2. The van der Waals surface area contributed by atoms with E-state index in [4.69, 9.17) is 18.0 Å². The number of pyridine rings is 1. The van der Waals surface area contributed by atoms with Gasteiger partial charge in [-0.2, -0.15) is 0 Å². The summed E-state index contributed by atoms with van der Waals surface area (Å²) < 4.78 is 0. The van der Waals surface area contributed by atoms with Gasteiger partial charge in [0.2, 0.25) is 0 Å². The third kappa shape index (κ3) is 3.40. The van der Waals surface area contributed by atoms with Gasteiger partial charge in [-0.05, 0) is 43.7 Å². The third-order valence-electron chi connectivity index (χ3n) is 3.27. The van der Waals surface area contributed by atoms with Crippen LogP contribution in [-0.2, 0) is 0 Å². The zero-order valence-electron chi connectivity index (χ0n) is 10.4. The summed E-state index contributed by atoms with van der Waals surface area (Å²) in [5.74, 6) is 2.49. The van der Waals surface area contributed by atoms with Gasteiger partial charge in [0.1, 0.15) is 10.8 Å². The van der Waals surface area contributed by atoms with E-state index in [1.165, 1.54) is 12.8 Å². The Hall–Kier alpha value is -1.16. The van der Waals surface area contributed by atoms with Gasteiger partial charge in [0.05, 0.1) is 0 Å². The first-order chi connectivity index (χ1) is 8.06. The van der Waals surface area contributed by atoms with Crippen LogP contribution in [0.4, 0.5) is 5.82 Å². The summed E-state index contributed by atoms with van der Waals surface area (Å²) in [6.07, 6.45) is 2.75. The maximum Gasteiger partial charge on any atom is 0.126 e. The van der Waals surface area contributed by atoms with Crippen LogP contribution < -0.4 is 11.1 Å². The fraction of sp³-hybridized carbons (Fsp3) is 0.538. The van der Waals surface area contributed by atoms with Crippen molar-refractivity contribution in [2.45, 2.75) is 26.7 Å². The molecule has 1 aliphatic rings. The minimum atomic E-state index is 0.425. The third-order valence-corrected chi connectivity index (χ3v) is 3.51. The monoisotopic (exact) mass is 249 g/mol. The average Bonchev–Trinajstić information content (AvgIpc) is 3.08. The van der Waals surface area contributed by atoms with Crippen LogP contribution >= 0.6 is 12.2 Å². The van der Waals surface area contributed by atoms with E-state index < -0.39 is 0 Å². The molecule has 1 fully saturated rings. The molecule has 17 heavy (non-hydrogen) atoms. The first-order valence-electron chi connectivity index (χ1n) is 6.08. The highest BCUT2D eigenvalue weighted by atomic mass is 32.1. The molecule has 0 amide bonds. The van der Waals surface area contributed by atoms with Crippen molar-refractivity contribution in [2.24, 2.45) is 17.6 Å². The maximum absolute atomic E-state index is 5.64. The number of aromatic nitrogens is 1. The number of nitrogens with two attached hydrogens (primary N) is 1. The Bertz CT molecular complexity index is 427. The number of rotatable bonds is 5. The van der Waals surface area contributed by atoms with Gasteiger partial charge in [0.25, 0.3) is 0 Å². The molecule has 3 N–H and O–H groups in total. The summed E-state index contributed by atoms with van der Waals surface area (Å²) in [5.41, 5.74) is 7.47. The SMILES string of the molecule is Cc1cc(C(N)=S)cc(NCC(C)C2CC2)n1. The molecule has 0 radical (unpaired) electrons. The van der Waals surface area contributed by atoms with E-state index in [1.807, 2.05) is 19.1 Å². The molecule has 1 unspecified atom stereocenters. The summed E-state index contributed by atoms with van der Waals surface area (Å²) in [7, 11) is 0. The molecule has 92 valence electrons. The Balaban J connectivity index is 2.01. The molecule has 0 bridgehead atoms. The fourth-order valence-corrected chi connectivity index (χ4v) is 2.12. The van der Waals surface area contributed by atoms with E-state index in [9.17, 15) is 0 Å². The largest absolute Gasteiger partial charge is 0.389 e. The highest BCUT2D eigenvalue weighted by Crippen LogP contribution is 2.36.